The molecule has 0 bridgehead atoms. The zero-order chi connectivity index (χ0) is 18.1. The lowest BCUT2D eigenvalue weighted by Gasteiger charge is -2.08. The summed E-state index contributed by atoms with van der Waals surface area (Å²) in [6.07, 6.45) is 3.81. The third-order valence-corrected chi connectivity index (χ3v) is 4.54. The maximum atomic E-state index is 13.0. The lowest BCUT2D eigenvalue weighted by Crippen LogP contribution is -2.13. The summed E-state index contributed by atoms with van der Waals surface area (Å²) in [7, 11) is 0. The van der Waals surface area contributed by atoms with E-state index in [0.717, 1.165) is 37.1 Å². The van der Waals surface area contributed by atoms with Crippen molar-refractivity contribution in [2.24, 2.45) is 0 Å². The minimum atomic E-state index is -0.218. The number of nitrogens with zero attached hydrogens (tertiary/aromatic N) is 3. The molecule has 0 spiro atoms. The number of pyridine rings is 1. The Labute approximate surface area is 150 Å². The van der Waals surface area contributed by atoms with Gasteiger partial charge in [-0.25, -0.2) is 4.98 Å². The Morgan fingerprint density at radius 2 is 2.12 bits per heavy atom. The number of hydrogen-bond donors (Lipinski definition) is 1. The molecule has 1 aliphatic rings. The Hall–Kier alpha value is -3.20. The molecule has 1 fully saturated rings. The van der Waals surface area contributed by atoms with Gasteiger partial charge in [-0.05, 0) is 49.6 Å². The number of carbonyl (C=O) groups excluding carboxylic acids is 1. The van der Waals surface area contributed by atoms with E-state index in [2.05, 4.69) is 28.5 Å². The SMILES string of the molecule is CCCc1noc2nc(C3CC3)cc(C(=O)Nc3ccc(C#N)cc3)c12. The van der Waals surface area contributed by atoms with E-state index in [1.807, 2.05) is 6.07 Å². The number of carbonyl (C=O) groups is 1. The average Bonchev–Trinajstić information content (AvgIpc) is 3.44. The van der Waals surface area contributed by atoms with Crippen LogP contribution in [0.4, 0.5) is 5.69 Å². The highest BCUT2D eigenvalue weighted by molar-refractivity contribution is 6.12. The summed E-state index contributed by atoms with van der Waals surface area (Å²) in [6.45, 7) is 2.06. The topological polar surface area (TPSA) is 91.8 Å². The molecule has 2 heterocycles. The molecule has 0 unspecified atom stereocenters. The van der Waals surface area contributed by atoms with Crippen LogP contribution >= 0.6 is 0 Å². The molecule has 26 heavy (non-hydrogen) atoms. The number of aryl methyl sites for hydroxylation is 1. The van der Waals surface area contributed by atoms with Crippen molar-refractivity contribution >= 4 is 22.7 Å². The lowest BCUT2D eigenvalue weighted by atomic mass is 10.0. The minimum Gasteiger partial charge on any atom is -0.336 e. The second-order valence-corrected chi connectivity index (χ2v) is 6.57. The van der Waals surface area contributed by atoms with Gasteiger partial charge < -0.3 is 9.84 Å². The molecule has 1 N–H and O–H groups in total. The van der Waals surface area contributed by atoms with Crippen LogP contribution in [0, 0.1) is 11.3 Å². The highest BCUT2D eigenvalue weighted by Gasteiger charge is 2.29. The van der Waals surface area contributed by atoms with Gasteiger partial charge in [0, 0.05) is 17.3 Å². The van der Waals surface area contributed by atoms with Crippen molar-refractivity contribution in [1.29, 1.82) is 5.26 Å². The van der Waals surface area contributed by atoms with Crippen LogP contribution in [-0.2, 0) is 6.42 Å². The van der Waals surface area contributed by atoms with E-state index in [4.69, 9.17) is 9.78 Å². The fraction of sp³-hybridized carbons (Fsp3) is 0.300. The van der Waals surface area contributed by atoms with Gasteiger partial charge in [-0.1, -0.05) is 18.5 Å². The quantitative estimate of drug-likeness (QED) is 0.748. The Kier molecular flexibility index (Phi) is 4.13. The minimum absolute atomic E-state index is 0.218. The van der Waals surface area contributed by atoms with Gasteiger partial charge in [0.2, 0.25) is 0 Å². The van der Waals surface area contributed by atoms with Crippen molar-refractivity contribution in [3.8, 4) is 6.07 Å². The molecule has 6 heteroatoms. The molecule has 0 aliphatic heterocycles. The number of anilines is 1. The van der Waals surface area contributed by atoms with Crippen LogP contribution in [0.1, 0.15) is 59.4 Å². The Balaban J connectivity index is 1.73. The van der Waals surface area contributed by atoms with E-state index in [1.54, 1.807) is 24.3 Å². The maximum Gasteiger partial charge on any atom is 0.259 e. The Bertz CT molecular complexity index is 1010. The first-order valence-corrected chi connectivity index (χ1v) is 8.80. The molecular weight excluding hydrogens is 328 g/mol. The standard InChI is InChI=1S/C20H18N4O2/c1-2-3-16-18-15(10-17(13-6-7-13)23-20(18)26-24-16)19(25)22-14-8-4-12(11-21)5-9-14/h4-5,8-10,13H,2-3,6-7H2,1H3,(H,22,25). The summed E-state index contributed by atoms with van der Waals surface area (Å²) < 4.78 is 5.41. The number of fused-ring (bicyclic) bond motifs is 1. The number of rotatable bonds is 5. The van der Waals surface area contributed by atoms with Crippen LogP contribution < -0.4 is 5.32 Å². The second kappa shape index (κ2) is 6.60. The molecule has 1 aromatic carbocycles. The van der Waals surface area contributed by atoms with Crippen LogP contribution in [0.15, 0.2) is 34.9 Å². The van der Waals surface area contributed by atoms with E-state index in [1.165, 1.54) is 0 Å². The van der Waals surface area contributed by atoms with Crippen molar-refractivity contribution in [2.75, 3.05) is 5.32 Å². The number of nitrogens with one attached hydrogen (secondary N) is 1. The van der Waals surface area contributed by atoms with E-state index < -0.39 is 0 Å². The van der Waals surface area contributed by atoms with E-state index in [0.29, 0.717) is 33.8 Å². The van der Waals surface area contributed by atoms with Crippen molar-refractivity contribution < 1.29 is 9.32 Å². The monoisotopic (exact) mass is 346 g/mol. The number of benzene rings is 1. The first kappa shape index (κ1) is 16.3. The smallest absolute Gasteiger partial charge is 0.259 e. The van der Waals surface area contributed by atoms with Gasteiger partial charge in [0.1, 0.15) is 0 Å². The van der Waals surface area contributed by atoms with Crippen LogP contribution in [0.3, 0.4) is 0 Å². The van der Waals surface area contributed by atoms with Gasteiger partial charge >= 0.3 is 0 Å². The Morgan fingerprint density at radius 3 is 2.77 bits per heavy atom. The molecule has 1 aliphatic carbocycles. The molecular formula is C20H18N4O2. The van der Waals surface area contributed by atoms with Gasteiger partial charge in [0.25, 0.3) is 11.6 Å². The van der Waals surface area contributed by atoms with Crippen LogP contribution in [-0.4, -0.2) is 16.0 Å². The second-order valence-electron chi connectivity index (χ2n) is 6.57. The number of nitriles is 1. The van der Waals surface area contributed by atoms with Crippen LogP contribution in [0.2, 0.25) is 0 Å². The first-order chi connectivity index (χ1) is 12.7. The van der Waals surface area contributed by atoms with E-state index in [-0.39, 0.29) is 5.91 Å². The number of amides is 1. The number of hydrogen-bond acceptors (Lipinski definition) is 5. The molecule has 0 radical (unpaired) electrons. The molecule has 0 saturated heterocycles. The van der Waals surface area contributed by atoms with Crippen molar-refractivity contribution in [2.45, 2.75) is 38.5 Å². The molecule has 1 amide bonds. The predicted molar refractivity (Wildman–Crippen MR) is 96.9 cm³/mol. The zero-order valence-corrected chi connectivity index (χ0v) is 14.5. The van der Waals surface area contributed by atoms with E-state index >= 15 is 0 Å². The summed E-state index contributed by atoms with van der Waals surface area (Å²) >= 11 is 0. The van der Waals surface area contributed by atoms with E-state index in [9.17, 15) is 4.79 Å². The summed E-state index contributed by atoms with van der Waals surface area (Å²) in [4.78, 5) is 17.5. The third-order valence-electron chi connectivity index (χ3n) is 4.54. The molecule has 0 atom stereocenters. The summed E-state index contributed by atoms with van der Waals surface area (Å²) in [5.74, 6) is 0.185. The lowest BCUT2D eigenvalue weighted by molar-refractivity contribution is 0.102. The fourth-order valence-electron chi connectivity index (χ4n) is 3.03. The maximum absolute atomic E-state index is 13.0. The highest BCUT2D eigenvalue weighted by atomic mass is 16.5. The Morgan fingerprint density at radius 1 is 1.35 bits per heavy atom. The van der Waals surface area contributed by atoms with Gasteiger partial charge in [-0.3, -0.25) is 4.79 Å². The normalized spacial score (nSPS) is 13.5. The number of aromatic nitrogens is 2. The summed E-state index contributed by atoms with van der Waals surface area (Å²) in [5, 5.41) is 16.6. The average molecular weight is 346 g/mol. The molecule has 4 rings (SSSR count). The highest BCUT2D eigenvalue weighted by Crippen LogP contribution is 2.40. The predicted octanol–water partition coefficient (Wildman–Crippen LogP) is 4.18. The zero-order valence-electron chi connectivity index (χ0n) is 14.5. The van der Waals surface area contributed by atoms with Crippen molar-refractivity contribution in [3.05, 3.63) is 52.8 Å². The van der Waals surface area contributed by atoms with Gasteiger partial charge in [-0.15, -0.1) is 0 Å². The molecule has 2 aromatic heterocycles. The summed E-state index contributed by atoms with van der Waals surface area (Å²) in [5.41, 5.74) is 3.83. The first-order valence-electron chi connectivity index (χ1n) is 8.80. The molecule has 6 nitrogen and oxygen atoms in total. The largest absolute Gasteiger partial charge is 0.336 e. The fourth-order valence-corrected chi connectivity index (χ4v) is 3.03. The van der Waals surface area contributed by atoms with Crippen LogP contribution in [0.5, 0.6) is 0 Å². The van der Waals surface area contributed by atoms with Crippen molar-refractivity contribution in [3.63, 3.8) is 0 Å². The third kappa shape index (κ3) is 3.04. The summed E-state index contributed by atoms with van der Waals surface area (Å²) in [6, 6.07) is 10.7. The molecule has 130 valence electrons. The van der Waals surface area contributed by atoms with Gasteiger partial charge in [-0.2, -0.15) is 5.26 Å². The molecule has 3 aromatic rings. The van der Waals surface area contributed by atoms with Crippen LogP contribution in [0.25, 0.3) is 11.1 Å². The van der Waals surface area contributed by atoms with Gasteiger partial charge in [0.15, 0.2) is 0 Å². The van der Waals surface area contributed by atoms with Gasteiger partial charge in [0.05, 0.1) is 28.3 Å². The molecule has 1 saturated carbocycles. The van der Waals surface area contributed by atoms with Crippen molar-refractivity contribution in [1.82, 2.24) is 10.1 Å².